The highest BCUT2D eigenvalue weighted by Crippen LogP contribution is 2.20. The second kappa shape index (κ2) is 7.03. The Morgan fingerprint density at radius 3 is 2.70 bits per heavy atom. The predicted octanol–water partition coefficient (Wildman–Crippen LogP) is 2.86. The van der Waals surface area contributed by atoms with Gasteiger partial charge in [0.1, 0.15) is 5.75 Å². The summed E-state index contributed by atoms with van der Waals surface area (Å²) in [7, 11) is 0. The number of ether oxygens (including phenoxy) is 1. The number of hydrogen-bond acceptors (Lipinski definition) is 4. The number of aromatic nitrogens is 1. The van der Waals surface area contributed by atoms with Gasteiger partial charge in [0, 0.05) is 24.8 Å². The van der Waals surface area contributed by atoms with Gasteiger partial charge in [0.25, 0.3) is 0 Å². The molecule has 4 nitrogen and oxygen atoms in total. The molecule has 0 radical (unpaired) electrons. The van der Waals surface area contributed by atoms with Gasteiger partial charge < -0.3 is 15.2 Å². The number of nitrogens with one attached hydrogen (secondary N) is 1. The van der Waals surface area contributed by atoms with Gasteiger partial charge in [-0.15, -0.1) is 0 Å². The van der Waals surface area contributed by atoms with Crippen LogP contribution in [0.15, 0.2) is 42.6 Å². The largest absolute Gasteiger partial charge is 0.439 e. The van der Waals surface area contributed by atoms with Gasteiger partial charge in [-0.1, -0.05) is 32.0 Å². The number of nitrogens with zero attached hydrogens (tertiary/aromatic N) is 1. The highest BCUT2D eigenvalue weighted by atomic mass is 16.5. The Labute approximate surface area is 119 Å². The zero-order valence-electron chi connectivity index (χ0n) is 11.8. The number of hydrogen-bond donors (Lipinski definition) is 2. The highest BCUT2D eigenvalue weighted by molar-refractivity contribution is 5.31. The minimum atomic E-state index is 0.00440. The zero-order valence-corrected chi connectivity index (χ0v) is 11.8. The summed E-state index contributed by atoms with van der Waals surface area (Å²) in [4.78, 5) is 4.28. The van der Waals surface area contributed by atoms with Gasteiger partial charge in [0.2, 0.25) is 5.88 Å². The fourth-order valence-corrected chi connectivity index (χ4v) is 1.73. The summed E-state index contributed by atoms with van der Waals surface area (Å²) in [5, 5.41) is 12.4. The van der Waals surface area contributed by atoms with Gasteiger partial charge in [-0.3, -0.25) is 0 Å². The van der Waals surface area contributed by atoms with Crippen molar-refractivity contribution in [3.05, 3.63) is 53.7 Å². The maximum atomic E-state index is 9.09. The molecule has 0 spiro atoms. The van der Waals surface area contributed by atoms with E-state index in [1.807, 2.05) is 30.3 Å². The summed E-state index contributed by atoms with van der Waals surface area (Å²) < 4.78 is 5.66. The van der Waals surface area contributed by atoms with E-state index < -0.39 is 0 Å². The van der Waals surface area contributed by atoms with Gasteiger partial charge in [0.15, 0.2) is 0 Å². The average molecular weight is 272 g/mol. The molecule has 4 heteroatoms. The van der Waals surface area contributed by atoms with Crippen LogP contribution < -0.4 is 10.1 Å². The Balaban J connectivity index is 1.99. The summed E-state index contributed by atoms with van der Waals surface area (Å²) in [6, 6.07) is 11.6. The van der Waals surface area contributed by atoms with Crippen LogP contribution in [0.2, 0.25) is 0 Å². The fraction of sp³-hybridized carbons (Fsp3) is 0.312. The summed E-state index contributed by atoms with van der Waals surface area (Å²) >= 11 is 0. The zero-order chi connectivity index (χ0) is 14.4. The third-order valence-electron chi connectivity index (χ3n) is 2.82. The first-order valence-electron chi connectivity index (χ1n) is 6.73. The Morgan fingerprint density at radius 1 is 1.20 bits per heavy atom. The Kier molecular flexibility index (Phi) is 5.09. The van der Waals surface area contributed by atoms with Crippen LogP contribution in [0.3, 0.4) is 0 Å². The molecule has 0 fully saturated rings. The van der Waals surface area contributed by atoms with Crippen molar-refractivity contribution >= 4 is 0 Å². The molecular weight excluding hydrogens is 252 g/mol. The molecule has 2 rings (SSSR count). The van der Waals surface area contributed by atoms with Crippen LogP contribution in [-0.4, -0.2) is 16.1 Å². The van der Waals surface area contributed by atoms with E-state index in [4.69, 9.17) is 9.84 Å². The molecule has 0 saturated heterocycles. The van der Waals surface area contributed by atoms with E-state index >= 15 is 0 Å². The maximum Gasteiger partial charge on any atom is 0.219 e. The Bertz CT molecular complexity index is 538. The minimum absolute atomic E-state index is 0.00440. The number of pyridine rings is 1. The van der Waals surface area contributed by atoms with E-state index in [9.17, 15) is 0 Å². The van der Waals surface area contributed by atoms with Crippen molar-refractivity contribution in [1.29, 1.82) is 0 Å². The normalized spacial score (nSPS) is 10.8. The molecule has 20 heavy (non-hydrogen) atoms. The van der Waals surface area contributed by atoms with Crippen molar-refractivity contribution in [2.75, 3.05) is 0 Å². The monoisotopic (exact) mass is 272 g/mol. The van der Waals surface area contributed by atoms with Gasteiger partial charge in [-0.2, -0.15) is 0 Å². The first kappa shape index (κ1) is 14.5. The molecule has 1 aromatic heterocycles. The molecule has 0 aliphatic heterocycles. The first-order valence-corrected chi connectivity index (χ1v) is 6.73. The van der Waals surface area contributed by atoms with E-state index in [1.165, 1.54) is 0 Å². The van der Waals surface area contributed by atoms with Crippen LogP contribution >= 0.6 is 0 Å². The molecule has 0 unspecified atom stereocenters. The van der Waals surface area contributed by atoms with Gasteiger partial charge in [0.05, 0.1) is 6.61 Å². The fourth-order valence-electron chi connectivity index (χ4n) is 1.73. The Hall–Kier alpha value is -1.91. The van der Waals surface area contributed by atoms with Gasteiger partial charge in [-0.25, -0.2) is 4.98 Å². The average Bonchev–Trinajstić information content (AvgIpc) is 2.47. The third-order valence-corrected chi connectivity index (χ3v) is 2.82. The first-order chi connectivity index (χ1) is 9.67. The third kappa shape index (κ3) is 4.33. The van der Waals surface area contributed by atoms with Gasteiger partial charge >= 0.3 is 0 Å². The summed E-state index contributed by atoms with van der Waals surface area (Å²) in [5.41, 5.74) is 1.94. The quantitative estimate of drug-likeness (QED) is 0.849. The van der Waals surface area contributed by atoms with Crippen molar-refractivity contribution in [1.82, 2.24) is 10.3 Å². The summed E-state index contributed by atoms with van der Waals surface area (Å²) in [6.45, 7) is 5.02. The minimum Gasteiger partial charge on any atom is -0.439 e. The lowest BCUT2D eigenvalue weighted by atomic mass is 10.2. The van der Waals surface area contributed by atoms with E-state index in [0.717, 1.165) is 17.7 Å². The molecule has 0 aliphatic rings. The molecule has 2 aromatic rings. The lowest BCUT2D eigenvalue weighted by Crippen LogP contribution is -2.21. The van der Waals surface area contributed by atoms with Crippen LogP contribution in [0.1, 0.15) is 25.0 Å². The van der Waals surface area contributed by atoms with E-state index in [1.54, 1.807) is 12.3 Å². The second-order valence-electron chi connectivity index (χ2n) is 4.95. The lowest BCUT2D eigenvalue weighted by Gasteiger charge is -2.09. The molecule has 0 aliphatic carbocycles. The second-order valence-corrected chi connectivity index (χ2v) is 4.95. The van der Waals surface area contributed by atoms with Crippen molar-refractivity contribution in [3.8, 4) is 11.6 Å². The smallest absolute Gasteiger partial charge is 0.219 e. The van der Waals surface area contributed by atoms with Crippen molar-refractivity contribution in [2.24, 2.45) is 0 Å². The van der Waals surface area contributed by atoms with Crippen molar-refractivity contribution in [2.45, 2.75) is 33.0 Å². The van der Waals surface area contributed by atoms with E-state index in [0.29, 0.717) is 17.7 Å². The standard InChI is InChI=1S/C16H20N2O2/c1-12(2)17-9-14-6-7-16(18-10-14)20-15-5-3-4-13(8-15)11-19/h3-8,10,12,17,19H,9,11H2,1-2H3. The topological polar surface area (TPSA) is 54.4 Å². The van der Waals surface area contributed by atoms with Crippen molar-refractivity contribution < 1.29 is 9.84 Å². The van der Waals surface area contributed by atoms with Crippen LogP contribution in [0.25, 0.3) is 0 Å². The number of rotatable bonds is 6. The van der Waals surface area contributed by atoms with Crippen molar-refractivity contribution in [3.63, 3.8) is 0 Å². The SMILES string of the molecule is CC(C)NCc1ccc(Oc2cccc(CO)c2)nc1. The predicted molar refractivity (Wildman–Crippen MR) is 78.7 cm³/mol. The molecule has 1 heterocycles. The lowest BCUT2D eigenvalue weighted by molar-refractivity contribution is 0.281. The van der Waals surface area contributed by atoms with Crippen LogP contribution in [0.4, 0.5) is 0 Å². The Morgan fingerprint density at radius 2 is 2.05 bits per heavy atom. The molecule has 0 bridgehead atoms. The number of aliphatic hydroxyl groups excluding tert-OH is 1. The van der Waals surface area contributed by atoms with E-state index in [-0.39, 0.29) is 6.61 Å². The van der Waals surface area contributed by atoms with Crippen LogP contribution in [0, 0.1) is 0 Å². The molecule has 0 atom stereocenters. The molecular formula is C16H20N2O2. The van der Waals surface area contributed by atoms with Crippen LogP contribution in [-0.2, 0) is 13.2 Å². The maximum absolute atomic E-state index is 9.09. The van der Waals surface area contributed by atoms with Crippen LogP contribution in [0.5, 0.6) is 11.6 Å². The molecule has 2 N–H and O–H groups in total. The summed E-state index contributed by atoms with van der Waals surface area (Å²) in [5.74, 6) is 1.23. The molecule has 0 saturated carbocycles. The van der Waals surface area contributed by atoms with E-state index in [2.05, 4.69) is 24.1 Å². The summed E-state index contributed by atoms with van der Waals surface area (Å²) in [6.07, 6.45) is 1.81. The molecule has 0 amide bonds. The number of benzene rings is 1. The highest BCUT2D eigenvalue weighted by Gasteiger charge is 2.01. The molecule has 106 valence electrons. The number of aliphatic hydroxyl groups is 1. The van der Waals surface area contributed by atoms with Gasteiger partial charge in [-0.05, 0) is 23.3 Å². The molecule has 1 aromatic carbocycles.